The van der Waals surface area contributed by atoms with E-state index >= 15 is 0 Å². The lowest BCUT2D eigenvalue weighted by Gasteiger charge is -2.26. The molecule has 0 saturated heterocycles. The van der Waals surface area contributed by atoms with Crippen LogP contribution in [0.25, 0.3) is 0 Å². The Labute approximate surface area is 160 Å². The minimum atomic E-state index is -4.89. The van der Waals surface area contributed by atoms with E-state index in [-0.39, 0.29) is 5.56 Å². The molecule has 0 aliphatic heterocycles. The molecule has 7 nitrogen and oxygen atoms in total. The number of carbonyl (C=O) groups excluding carboxylic acids is 2. The number of amides is 2. The second-order valence-corrected chi connectivity index (χ2v) is 6.87. The molecule has 1 aromatic rings. The molecular formula is C18H24F3N3O4. The normalized spacial score (nSPS) is 17.5. The van der Waals surface area contributed by atoms with Crippen molar-refractivity contribution in [3.63, 3.8) is 0 Å². The van der Waals surface area contributed by atoms with Crippen molar-refractivity contribution in [2.75, 3.05) is 0 Å². The van der Waals surface area contributed by atoms with Crippen LogP contribution in [0.4, 0.5) is 13.2 Å². The van der Waals surface area contributed by atoms with Gasteiger partial charge in [-0.2, -0.15) is 0 Å². The fourth-order valence-electron chi connectivity index (χ4n) is 3.23. The zero-order chi connectivity index (χ0) is 20.7. The molecule has 1 fully saturated rings. The van der Waals surface area contributed by atoms with Crippen LogP contribution in [0.1, 0.15) is 48.9 Å². The summed E-state index contributed by atoms with van der Waals surface area (Å²) < 4.78 is 40.5. The van der Waals surface area contributed by atoms with Gasteiger partial charge in [0.05, 0.1) is 0 Å². The summed E-state index contributed by atoms with van der Waals surface area (Å²) in [6.07, 6.45) is -0.497. The number of ether oxygens (including phenoxy) is 1. The van der Waals surface area contributed by atoms with Crippen LogP contribution in [0.5, 0.6) is 5.75 Å². The first-order valence-corrected chi connectivity index (χ1v) is 9.05. The molecule has 0 radical (unpaired) electrons. The van der Waals surface area contributed by atoms with Gasteiger partial charge in [0.15, 0.2) is 0 Å². The van der Waals surface area contributed by atoms with Crippen molar-refractivity contribution in [2.45, 2.75) is 57.0 Å². The fourth-order valence-corrected chi connectivity index (χ4v) is 3.23. The van der Waals surface area contributed by atoms with Crippen molar-refractivity contribution in [2.24, 2.45) is 11.7 Å². The van der Waals surface area contributed by atoms with Gasteiger partial charge in [-0.15, -0.1) is 13.2 Å². The molecular weight excluding hydrogens is 379 g/mol. The maximum atomic E-state index is 12.2. The third-order valence-electron chi connectivity index (χ3n) is 4.63. The second-order valence-electron chi connectivity index (χ2n) is 6.87. The first kappa shape index (κ1) is 22.0. The van der Waals surface area contributed by atoms with Gasteiger partial charge in [0.1, 0.15) is 11.9 Å². The van der Waals surface area contributed by atoms with Crippen LogP contribution in [0.3, 0.4) is 0 Å². The van der Waals surface area contributed by atoms with E-state index in [1.807, 2.05) is 10.9 Å². The molecule has 1 saturated carbocycles. The van der Waals surface area contributed by atoms with E-state index in [0.29, 0.717) is 12.3 Å². The Bertz CT molecular complexity index is 678. The third-order valence-corrected chi connectivity index (χ3v) is 4.63. The van der Waals surface area contributed by atoms with Crippen LogP contribution >= 0.6 is 0 Å². The number of nitrogens with one attached hydrogen (secondary N) is 2. The lowest BCUT2D eigenvalue weighted by molar-refractivity contribution is -0.274. The Kier molecular flexibility index (Phi) is 7.64. The summed E-state index contributed by atoms with van der Waals surface area (Å²) >= 11 is 0. The van der Waals surface area contributed by atoms with E-state index in [2.05, 4.69) is 4.74 Å². The van der Waals surface area contributed by atoms with E-state index in [0.717, 1.165) is 37.8 Å². The highest BCUT2D eigenvalue weighted by molar-refractivity contribution is 5.96. The highest BCUT2D eigenvalue weighted by Crippen LogP contribution is 2.27. The quantitative estimate of drug-likeness (QED) is 0.543. The summed E-state index contributed by atoms with van der Waals surface area (Å²) in [4.78, 5) is 24.0. The Hall–Kier alpha value is -2.33. The predicted molar refractivity (Wildman–Crippen MR) is 93.9 cm³/mol. The summed E-state index contributed by atoms with van der Waals surface area (Å²) in [7, 11) is 0. The average Bonchev–Trinajstić information content (AvgIpc) is 2.64. The molecule has 0 heterocycles. The zero-order valence-corrected chi connectivity index (χ0v) is 15.2. The smallest absolute Gasteiger partial charge is 0.406 e. The SMILES string of the molecule is N[C@H](CC1CCCCC1)C(O)C(=O)NNC(=O)c1cccc(OC(F)(F)F)c1. The first-order chi connectivity index (χ1) is 13.2. The van der Waals surface area contributed by atoms with Gasteiger partial charge in [-0.25, -0.2) is 0 Å². The van der Waals surface area contributed by atoms with Crippen LogP contribution in [-0.4, -0.2) is 35.4 Å². The molecule has 2 amide bonds. The highest BCUT2D eigenvalue weighted by atomic mass is 19.4. The monoisotopic (exact) mass is 403 g/mol. The van der Waals surface area contributed by atoms with Gasteiger partial charge in [-0.1, -0.05) is 38.2 Å². The van der Waals surface area contributed by atoms with Crippen molar-refractivity contribution in [1.82, 2.24) is 10.9 Å². The summed E-state index contributed by atoms with van der Waals surface area (Å²) in [5, 5.41) is 10.0. The maximum Gasteiger partial charge on any atom is 0.573 e. The lowest BCUT2D eigenvalue weighted by Crippen LogP contribution is -2.52. The number of benzene rings is 1. The molecule has 0 bridgehead atoms. The number of hydrazine groups is 1. The van der Waals surface area contributed by atoms with E-state index in [9.17, 15) is 27.9 Å². The van der Waals surface area contributed by atoms with Crippen molar-refractivity contribution in [1.29, 1.82) is 0 Å². The van der Waals surface area contributed by atoms with Crippen molar-refractivity contribution < 1.29 is 32.6 Å². The Balaban J connectivity index is 1.84. The van der Waals surface area contributed by atoms with Gasteiger partial charge in [0.2, 0.25) is 0 Å². The zero-order valence-electron chi connectivity index (χ0n) is 15.2. The van der Waals surface area contributed by atoms with Crippen molar-refractivity contribution in [3.8, 4) is 5.75 Å². The number of rotatable bonds is 6. The number of hydrogen-bond acceptors (Lipinski definition) is 5. The molecule has 2 atom stereocenters. The minimum absolute atomic E-state index is 0.164. The molecule has 5 N–H and O–H groups in total. The van der Waals surface area contributed by atoms with Crippen molar-refractivity contribution >= 4 is 11.8 Å². The molecule has 1 aromatic carbocycles. The first-order valence-electron chi connectivity index (χ1n) is 9.05. The number of aliphatic hydroxyl groups is 1. The molecule has 10 heteroatoms. The Morgan fingerprint density at radius 3 is 2.54 bits per heavy atom. The number of aliphatic hydroxyl groups excluding tert-OH is 1. The van der Waals surface area contributed by atoms with Crippen LogP contribution in [-0.2, 0) is 4.79 Å². The second kappa shape index (κ2) is 9.74. The third kappa shape index (κ3) is 7.01. The van der Waals surface area contributed by atoms with Crippen LogP contribution < -0.4 is 21.3 Å². The van der Waals surface area contributed by atoms with Gasteiger partial charge in [-0.05, 0) is 30.5 Å². The number of nitrogens with two attached hydrogens (primary N) is 1. The van der Waals surface area contributed by atoms with E-state index in [1.54, 1.807) is 0 Å². The molecule has 1 unspecified atom stereocenters. The summed E-state index contributed by atoms with van der Waals surface area (Å²) in [5.41, 5.74) is 9.81. The highest BCUT2D eigenvalue weighted by Gasteiger charge is 2.31. The molecule has 156 valence electrons. The number of alkyl halides is 3. The Morgan fingerprint density at radius 2 is 1.89 bits per heavy atom. The van der Waals surface area contributed by atoms with Gasteiger partial charge in [0, 0.05) is 11.6 Å². The molecule has 0 spiro atoms. The van der Waals surface area contributed by atoms with Crippen LogP contribution in [0.2, 0.25) is 0 Å². The topological polar surface area (TPSA) is 114 Å². The predicted octanol–water partition coefficient (Wildman–Crippen LogP) is 2.00. The van der Waals surface area contributed by atoms with Gasteiger partial charge in [-0.3, -0.25) is 20.4 Å². The molecule has 1 aliphatic carbocycles. The fraction of sp³-hybridized carbons (Fsp3) is 0.556. The standard InChI is InChI=1S/C18H24F3N3O4/c19-18(20,21)28-13-8-4-7-12(10-13)16(26)23-24-17(27)15(25)14(22)9-11-5-2-1-3-6-11/h4,7-8,10-11,14-15,25H,1-3,5-6,9,22H2,(H,23,26)(H,24,27)/t14-,15?/m1/s1. The molecule has 0 aromatic heterocycles. The van der Waals surface area contributed by atoms with Gasteiger partial charge in [0.25, 0.3) is 11.8 Å². The Morgan fingerprint density at radius 1 is 1.21 bits per heavy atom. The number of carbonyl (C=O) groups is 2. The van der Waals surface area contributed by atoms with Gasteiger partial charge >= 0.3 is 6.36 Å². The lowest BCUT2D eigenvalue weighted by atomic mass is 9.84. The van der Waals surface area contributed by atoms with Crippen LogP contribution in [0.15, 0.2) is 24.3 Å². The van der Waals surface area contributed by atoms with E-state index in [1.165, 1.54) is 18.6 Å². The summed E-state index contributed by atoms with van der Waals surface area (Å²) in [5.74, 6) is -1.97. The van der Waals surface area contributed by atoms with E-state index < -0.39 is 36.1 Å². The molecule has 28 heavy (non-hydrogen) atoms. The maximum absolute atomic E-state index is 12.2. The van der Waals surface area contributed by atoms with Crippen molar-refractivity contribution in [3.05, 3.63) is 29.8 Å². The van der Waals surface area contributed by atoms with E-state index in [4.69, 9.17) is 5.73 Å². The number of halogens is 3. The summed E-state index contributed by atoms with van der Waals surface area (Å²) in [6, 6.07) is 3.59. The van der Waals surface area contributed by atoms with Gasteiger partial charge < -0.3 is 15.6 Å². The largest absolute Gasteiger partial charge is 0.573 e. The minimum Gasteiger partial charge on any atom is -0.406 e. The molecule has 2 rings (SSSR count). The van der Waals surface area contributed by atoms with Crippen LogP contribution in [0, 0.1) is 5.92 Å². The number of hydrogen-bond donors (Lipinski definition) is 4. The summed E-state index contributed by atoms with van der Waals surface area (Å²) in [6.45, 7) is 0. The molecule has 1 aliphatic rings. The average molecular weight is 403 g/mol.